The molecule has 0 N–H and O–H groups in total. The van der Waals surface area contributed by atoms with Crippen LogP contribution < -0.4 is 5.56 Å². The Balaban J connectivity index is 1.87. The lowest BCUT2D eigenvalue weighted by Crippen LogP contribution is -2.24. The Labute approximate surface area is 192 Å². The van der Waals surface area contributed by atoms with Gasteiger partial charge in [0, 0.05) is 12.2 Å². The van der Waals surface area contributed by atoms with Gasteiger partial charge in [-0.15, -0.1) is 0 Å². The molecule has 2 aromatic carbocycles. The third-order valence-corrected chi connectivity index (χ3v) is 6.30. The second-order valence-electron chi connectivity index (χ2n) is 9.46. The van der Waals surface area contributed by atoms with Crippen molar-refractivity contribution in [2.75, 3.05) is 0 Å². The third-order valence-electron chi connectivity index (χ3n) is 6.30. The van der Waals surface area contributed by atoms with Gasteiger partial charge in [-0.25, -0.2) is 15.0 Å². The zero-order chi connectivity index (χ0) is 23.3. The van der Waals surface area contributed by atoms with E-state index in [9.17, 15) is 4.79 Å². The van der Waals surface area contributed by atoms with Gasteiger partial charge in [-0.2, -0.15) is 0 Å². The summed E-state index contributed by atoms with van der Waals surface area (Å²) in [6.45, 7) is 11.2. The summed E-state index contributed by atoms with van der Waals surface area (Å²) in [6, 6.07) is 16.2. The van der Waals surface area contributed by atoms with Crippen molar-refractivity contribution < 1.29 is 0 Å². The van der Waals surface area contributed by atoms with Crippen LogP contribution in [0.4, 0.5) is 0 Å². The van der Waals surface area contributed by atoms with Gasteiger partial charge in [-0.3, -0.25) is 13.9 Å². The fourth-order valence-electron chi connectivity index (χ4n) is 4.33. The fraction of sp³-hybridized carbons (Fsp3) is 0.333. The lowest BCUT2D eigenvalue weighted by molar-refractivity contribution is 0.498. The van der Waals surface area contributed by atoms with Crippen molar-refractivity contribution in [3.63, 3.8) is 0 Å². The van der Waals surface area contributed by atoms with E-state index in [0.29, 0.717) is 46.4 Å². The number of fused-ring (bicyclic) bond motifs is 4. The summed E-state index contributed by atoms with van der Waals surface area (Å²) in [4.78, 5) is 28.5. The highest BCUT2D eigenvalue weighted by Gasteiger charge is 2.22. The van der Waals surface area contributed by atoms with Crippen LogP contribution in [0.5, 0.6) is 0 Å². The van der Waals surface area contributed by atoms with Crippen molar-refractivity contribution in [1.82, 2.24) is 24.1 Å². The van der Waals surface area contributed by atoms with E-state index in [-0.39, 0.29) is 5.56 Å². The maximum Gasteiger partial charge on any atom is 0.265 e. The van der Waals surface area contributed by atoms with Crippen LogP contribution in [0, 0.1) is 12.8 Å². The normalized spacial score (nSPS) is 12.1. The quantitative estimate of drug-likeness (QED) is 0.349. The summed E-state index contributed by atoms with van der Waals surface area (Å²) in [6.07, 6.45) is 0.915. The Kier molecular flexibility index (Phi) is 5.23. The molecule has 33 heavy (non-hydrogen) atoms. The Morgan fingerprint density at radius 3 is 2.15 bits per heavy atom. The predicted molar refractivity (Wildman–Crippen MR) is 134 cm³/mol. The average molecular weight is 440 g/mol. The van der Waals surface area contributed by atoms with Crippen LogP contribution in [-0.4, -0.2) is 24.1 Å². The van der Waals surface area contributed by atoms with Crippen LogP contribution in [0.2, 0.25) is 0 Å². The Hall–Kier alpha value is -3.54. The van der Waals surface area contributed by atoms with Gasteiger partial charge in [0.15, 0.2) is 11.3 Å². The summed E-state index contributed by atoms with van der Waals surface area (Å²) in [5, 5.41) is 0.533. The number of rotatable bonds is 5. The molecule has 0 saturated heterocycles. The van der Waals surface area contributed by atoms with Crippen molar-refractivity contribution in [2.24, 2.45) is 5.92 Å². The first kappa shape index (κ1) is 21.3. The summed E-state index contributed by atoms with van der Waals surface area (Å²) in [5.74, 6) is 1.64. The summed E-state index contributed by atoms with van der Waals surface area (Å²) in [5.41, 5.74) is 5.58. The molecule has 168 valence electrons. The molecule has 0 amide bonds. The highest BCUT2D eigenvalue weighted by Crippen LogP contribution is 2.29. The molecule has 0 aliphatic carbocycles. The van der Waals surface area contributed by atoms with Crippen molar-refractivity contribution in [2.45, 2.75) is 53.5 Å². The van der Waals surface area contributed by atoms with Gasteiger partial charge in [0.2, 0.25) is 0 Å². The standard InChI is InChI=1S/C27H29N5O/c1-16(2)14-15-31-18(5)28-25-23(27(31)33)24-26(30-22-9-7-6-8-21(22)29-24)32(25)20-12-10-19(11-13-20)17(3)4/h6-13,16-17H,14-15H2,1-5H3. The molecule has 0 unspecified atom stereocenters. The number of hydrogen-bond acceptors (Lipinski definition) is 4. The monoisotopic (exact) mass is 439 g/mol. The Morgan fingerprint density at radius 1 is 0.848 bits per heavy atom. The van der Waals surface area contributed by atoms with E-state index in [1.165, 1.54) is 5.56 Å². The minimum atomic E-state index is -0.0507. The lowest BCUT2D eigenvalue weighted by Gasteiger charge is -2.12. The molecular formula is C27H29N5O. The summed E-state index contributed by atoms with van der Waals surface area (Å²) in [7, 11) is 0. The first-order valence-corrected chi connectivity index (χ1v) is 11.6. The third kappa shape index (κ3) is 3.59. The van der Waals surface area contributed by atoms with Crippen LogP contribution in [0.15, 0.2) is 53.3 Å². The number of hydrogen-bond donors (Lipinski definition) is 0. The summed E-state index contributed by atoms with van der Waals surface area (Å²) < 4.78 is 3.76. The van der Waals surface area contributed by atoms with E-state index in [0.717, 1.165) is 23.1 Å². The molecule has 0 bridgehead atoms. The van der Waals surface area contributed by atoms with Gasteiger partial charge in [0.05, 0.1) is 11.0 Å². The maximum atomic E-state index is 13.7. The minimum Gasteiger partial charge on any atom is -0.296 e. The zero-order valence-electron chi connectivity index (χ0n) is 19.8. The second-order valence-corrected chi connectivity index (χ2v) is 9.46. The minimum absolute atomic E-state index is 0.0507. The second kappa shape index (κ2) is 8.10. The van der Waals surface area contributed by atoms with Gasteiger partial charge >= 0.3 is 0 Å². The fourth-order valence-corrected chi connectivity index (χ4v) is 4.33. The highest BCUT2D eigenvalue weighted by molar-refractivity contribution is 6.05. The van der Waals surface area contributed by atoms with E-state index >= 15 is 0 Å². The van der Waals surface area contributed by atoms with Crippen LogP contribution in [0.25, 0.3) is 38.9 Å². The first-order valence-electron chi connectivity index (χ1n) is 11.6. The molecule has 0 atom stereocenters. The van der Waals surface area contributed by atoms with E-state index in [2.05, 4.69) is 52.0 Å². The number of para-hydroxylation sites is 2. The van der Waals surface area contributed by atoms with Gasteiger partial charge in [0.25, 0.3) is 5.56 Å². The molecule has 5 rings (SSSR count). The molecule has 6 nitrogen and oxygen atoms in total. The summed E-state index contributed by atoms with van der Waals surface area (Å²) >= 11 is 0. The van der Waals surface area contributed by atoms with Gasteiger partial charge in [-0.1, -0.05) is 52.0 Å². The van der Waals surface area contributed by atoms with Gasteiger partial charge in [-0.05, 0) is 55.0 Å². The Bertz CT molecular complexity index is 1540. The molecule has 0 fully saturated rings. The van der Waals surface area contributed by atoms with Gasteiger partial charge < -0.3 is 0 Å². The predicted octanol–water partition coefficient (Wildman–Crippen LogP) is 5.76. The molecule has 3 aromatic heterocycles. The molecular weight excluding hydrogens is 410 g/mol. The molecule has 0 aliphatic rings. The van der Waals surface area contributed by atoms with E-state index in [1.54, 1.807) is 4.57 Å². The number of aromatic nitrogens is 5. The molecule has 3 heterocycles. The van der Waals surface area contributed by atoms with Crippen molar-refractivity contribution in [3.8, 4) is 5.69 Å². The average Bonchev–Trinajstić information content (AvgIpc) is 3.10. The number of aryl methyl sites for hydroxylation is 1. The van der Waals surface area contributed by atoms with Crippen molar-refractivity contribution >= 4 is 33.2 Å². The van der Waals surface area contributed by atoms with Gasteiger partial charge in [0.1, 0.15) is 16.7 Å². The largest absolute Gasteiger partial charge is 0.296 e. The van der Waals surface area contributed by atoms with Crippen LogP contribution >= 0.6 is 0 Å². The van der Waals surface area contributed by atoms with Crippen LogP contribution in [0.1, 0.15) is 51.4 Å². The smallest absolute Gasteiger partial charge is 0.265 e. The van der Waals surface area contributed by atoms with Crippen molar-refractivity contribution in [1.29, 1.82) is 0 Å². The number of nitrogens with zero attached hydrogens (tertiary/aromatic N) is 5. The molecule has 6 heteroatoms. The molecule has 0 spiro atoms. The maximum absolute atomic E-state index is 13.7. The zero-order valence-corrected chi connectivity index (χ0v) is 19.8. The van der Waals surface area contributed by atoms with E-state index < -0.39 is 0 Å². The van der Waals surface area contributed by atoms with Crippen molar-refractivity contribution in [3.05, 3.63) is 70.3 Å². The molecule has 0 aliphatic heterocycles. The van der Waals surface area contributed by atoms with Crippen LogP contribution in [0.3, 0.4) is 0 Å². The topological polar surface area (TPSA) is 65.6 Å². The van der Waals surface area contributed by atoms with E-state index in [4.69, 9.17) is 15.0 Å². The lowest BCUT2D eigenvalue weighted by atomic mass is 10.0. The SMILES string of the molecule is Cc1nc2c(c(=O)n1CCC(C)C)c1nc3ccccc3nc1n2-c1ccc(C(C)C)cc1. The Morgan fingerprint density at radius 2 is 1.52 bits per heavy atom. The first-order chi connectivity index (χ1) is 15.8. The molecule has 0 saturated carbocycles. The van der Waals surface area contributed by atoms with E-state index in [1.807, 2.05) is 35.8 Å². The molecule has 5 aromatic rings. The number of benzene rings is 2. The molecule has 0 radical (unpaired) electrons. The van der Waals surface area contributed by atoms with Crippen LogP contribution in [-0.2, 0) is 6.54 Å². The highest BCUT2D eigenvalue weighted by atomic mass is 16.1.